The second-order valence-corrected chi connectivity index (χ2v) is 5.86. The molecule has 1 rings (SSSR count). The fourth-order valence-electron chi connectivity index (χ4n) is 2.99. The van der Waals surface area contributed by atoms with Crippen LogP contribution in [0.1, 0.15) is 41.6 Å². The second kappa shape index (κ2) is 7.06. The molecule has 1 aromatic rings. The number of benzene rings is 1. The molecule has 0 amide bonds. The van der Waals surface area contributed by atoms with Gasteiger partial charge in [0.2, 0.25) is 0 Å². The van der Waals surface area contributed by atoms with E-state index in [9.17, 15) is 0 Å². The maximum Gasteiger partial charge on any atom is 0.0384 e. The lowest BCUT2D eigenvalue weighted by Crippen LogP contribution is -2.33. The van der Waals surface area contributed by atoms with Crippen LogP contribution in [-0.2, 0) is 0 Å². The van der Waals surface area contributed by atoms with Crippen LogP contribution in [0.5, 0.6) is 0 Å². The molecule has 0 radical (unpaired) electrons. The molecule has 2 nitrogen and oxygen atoms in total. The van der Waals surface area contributed by atoms with Gasteiger partial charge in [-0.3, -0.25) is 0 Å². The number of hydrogen-bond donors (Lipinski definition) is 1. The third kappa shape index (κ3) is 3.58. The minimum atomic E-state index is 0.483. The van der Waals surface area contributed by atoms with Crippen molar-refractivity contribution < 1.29 is 0 Å². The first-order valence-electron chi connectivity index (χ1n) is 7.31. The number of nitrogens with one attached hydrogen (secondary N) is 1. The Kier molecular flexibility index (Phi) is 6.02. The molecule has 2 atom stereocenters. The largest absolute Gasteiger partial charge is 0.319 e. The smallest absolute Gasteiger partial charge is 0.0384 e. The Labute approximate surface area is 119 Å². The third-order valence-corrected chi connectivity index (χ3v) is 4.41. The van der Waals surface area contributed by atoms with E-state index in [-0.39, 0.29) is 0 Å². The van der Waals surface area contributed by atoms with Crippen molar-refractivity contribution in [1.82, 2.24) is 10.2 Å². The fraction of sp³-hybridized carbons (Fsp3) is 0.647. The standard InChI is InChI=1S/C17H30N2/c1-8-15(11-18-5)17(19(6)7)16-10-9-12(2)13(3)14(16)4/h9-10,15,17-18H,8,11H2,1-7H3. The Morgan fingerprint density at radius 2 is 1.74 bits per heavy atom. The van der Waals surface area contributed by atoms with Crippen LogP contribution in [0.2, 0.25) is 0 Å². The predicted octanol–water partition coefficient (Wildman–Crippen LogP) is 3.46. The van der Waals surface area contributed by atoms with Crippen molar-refractivity contribution >= 4 is 0 Å². The molecule has 0 aliphatic carbocycles. The molecule has 0 heterocycles. The highest BCUT2D eigenvalue weighted by molar-refractivity contribution is 5.40. The molecule has 1 N–H and O–H groups in total. The van der Waals surface area contributed by atoms with E-state index in [1.54, 1.807) is 0 Å². The summed E-state index contributed by atoms with van der Waals surface area (Å²) in [5, 5.41) is 3.34. The molecule has 19 heavy (non-hydrogen) atoms. The van der Waals surface area contributed by atoms with Crippen LogP contribution in [0.15, 0.2) is 12.1 Å². The van der Waals surface area contributed by atoms with Gasteiger partial charge >= 0.3 is 0 Å². The third-order valence-electron chi connectivity index (χ3n) is 4.41. The molecule has 1 aromatic carbocycles. The van der Waals surface area contributed by atoms with Gasteiger partial charge in [-0.1, -0.05) is 25.5 Å². The van der Waals surface area contributed by atoms with Crippen LogP contribution in [0.4, 0.5) is 0 Å². The number of rotatable bonds is 6. The Balaban J connectivity index is 3.23. The summed E-state index contributed by atoms with van der Waals surface area (Å²) in [6.07, 6.45) is 1.19. The second-order valence-electron chi connectivity index (χ2n) is 5.86. The predicted molar refractivity (Wildman–Crippen MR) is 84.8 cm³/mol. The highest BCUT2D eigenvalue weighted by Crippen LogP contribution is 2.32. The molecule has 0 aliphatic heterocycles. The zero-order chi connectivity index (χ0) is 14.6. The first kappa shape index (κ1) is 16.2. The van der Waals surface area contributed by atoms with Crippen LogP contribution in [0.3, 0.4) is 0 Å². The summed E-state index contributed by atoms with van der Waals surface area (Å²) in [6.45, 7) is 10.0. The molecule has 0 aliphatic rings. The van der Waals surface area contributed by atoms with E-state index in [0.717, 1.165) is 6.54 Å². The van der Waals surface area contributed by atoms with Crippen LogP contribution < -0.4 is 5.32 Å². The van der Waals surface area contributed by atoms with Crippen molar-refractivity contribution in [3.8, 4) is 0 Å². The molecule has 0 spiro atoms. The lowest BCUT2D eigenvalue weighted by molar-refractivity contribution is 0.203. The van der Waals surface area contributed by atoms with Crippen LogP contribution in [0.25, 0.3) is 0 Å². The molecule has 0 fully saturated rings. The summed E-state index contributed by atoms with van der Waals surface area (Å²) in [5.41, 5.74) is 5.76. The zero-order valence-electron chi connectivity index (χ0n) is 13.7. The summed E-state index contributed by atoms with van der Waals surface area (Å²) in [6, 6.07) is 5.07. The van der Waals surface area contributed by atoms with E-state index in [1.807, 2.05) is 7.05 Å². The van der Waals surface area contributed by atoms with E-state index in [4.69, 9.17) is 0 Å². The van der Waals surface area contributed by atoms with Crippen molar-refractivity contribution in [2.24, 2.45) is 5.92 Å². The molecular formula is C17H30N2. The quantitative estimate of drug-likeness (QED) is 0.844. The van der Waals surface area contributed by atoms with Gasteiger partial charge in [-0.05, 0) is 76.6 Å². The van der Waals surface area contributed by atoms with Gasteiger partial charge in [0.1, 0.15) is 0 Å². The fourth-order valence-corrected chi connectivity index (χ4v) is 2.99. The lowest BCUT2D eigenvalue weighted by atomic mass is 9.85. The zero-order valence-corrected chi connectivity index (χ0v) is 13.7. The van der Waals surface area contributed by atoms with Gasteiger partial charge in [0.15, 0.2) is 0 Å². The maximum absolute atomic E-state index is 3.34. The van der Waals surface area contributed by atoms with E-state index in [2.05, 4.69) is 64.1 Å². The average molecular weight is 262 g/mol. The van der Waals surface area contributed by atoms with Gasteiger partial charge in [-0.15, -0.1) is 0 Å². The van der Waals surface area contributed by atoms with Crippen molar-refractivity contribution in [2.45, 2.75) is 40.2 Å². The topological polar surface area (TPSA) is 15.3 Å². The summed E-state index contributed by atoms with van der Waals surface area (Å²) < 4.78 is 0. The Hall–Kier alpha value is -0.860. The molecule has 0 saturated heterocycles. The van der Waals surface area contributed by atoms with Crippen molar-refractivity contribution in [2.75, 3.05) is 27.7 Å². The van der Waals surface area contributed by atoms with Gasteiger partial charge < -0.3 is 10.2 Å². The minimum Gasteiger partial charge on any atom is -0.319 e. The van der Waals surface area contributed by atoms with Crippen LogP contribution in [-0.4, -0.2) is 32.6 Å². The van der Waals surface area contributed by atoms with Crippen LogP contribution >= 0.6 is 0 Å². The summed E-state index contributed by atoms with van der Waals surface area (Å²) in [5.74, 6) is 0.640. The monoisotopic (exact) mass is 262 g/mol. The van der Waals surface area contributed by atoms with Gasteiger partial charge in [-0.25, -0.2) is 0 Å². The maximum atomic E-state index is 3.34. The molecule has 2 heteroatoms. The highest BCUT2D eigenvalue weighted by atomic mass is 15.1. The van der Waals surface area contributed by atoms with Crippen molar-refractivity contribution in [1.29, 1.82) is 0 Å². The molecule has 0 aromatic heterocycles. The summed E-state index contributed by atoms with van der Waals surface area (Å²) in [7, 11) is 6.43. The van der Waals surface area contributed by atoms with E-state index in [1.165, 1.54) is 28.7 Å². The summed E-state index contributed by atoms with van der Waals surface area (Å²) >= 11 is 0. The van der Waals surface area contributed by atoms with E-state index >= 15 is 0 Å². The Morgan fingerprint density at radius 1 is 1.11 bits per heavy atom. The molecule has 108 valence electrons. The average Bonchev–Trinajstić information content (AvgIpc) is 2.37. The van der Waals surface area contributed by atoms with E-state index < -0.39 is 0 Å². The SMILES string of the molecule is CCC(CNC)C(c1ccc(C)c(C)c1C)N(C)C. The van der Waals surface area contributed by atoms with Gasteiger partial charge in [0, 0.05) is 6.04 Å². The Morgan fingerprint density at radius 3 is 2.21 bits per heavy atom. The van der Waals surface area contributed by atoms with Crippen LogP contribution in [0, 0.1) is 26.7 Å². The van der Waals surface area contributed by atoms with E-state index in [0.29, 0.717) is 12.0 Å². The Bertz CT molecular complexity index is 410. The molecule has 0 bridgehead atoms. The molecular weight excluding hydrogens is 232 g/mol. The van der Waals surface area contributed by atoms with Gasteiger partial charge in [0.25, 0.3) is 0 Å². The molecule has 2 unspecified atom stereocenters. The van der Waals surface area contributed by atoms with Crippen molar-refractivity contribution in [3.63, 3.8) is 0 Å². The summed E-state index contributed by atoms with van der Waals surface area (Å²) in [4.78, 5) is 2.36. The normalized spacial score (nSPS) is 14.7. The highest BCUT2D eigenvalue weighted by Gasteiger charge is 2.25. The lowest BCUT2D eigenvalue weighted by Gasteiger charge is -2.34. The first-order valence-corrected chi connectivity index (χ1v) is 7.31. The number of nitrogens with zero attached hydrogens (tertiary/aromatic N) is 1. The number of aryl methyl sites for hydroxylation is 1. The molecule has 0 saturated carbocycles. The number of hydrogen-bond acceptors (Lipinski definition) is 2. The van der Waals surface area contributed by atoms with Gasteiger partial charge in [-0.2, -0.15) is 0 Å². The first-order chi connectivity index (χ1) is 8.93. The van der Waals surface area contributed by atoms with Gasteiger partial charge in [0.05, 0.1) is 0 Å². The van der Waals surface area contributed by atoms with Crippen molar-refractivity contribution in [3.05, 3.63) is 34.4 Å². The minimum absolute atomic E-state index is 0.483.